The van der Waals surface area contributed by atoms with Crippen LogP contribution in [0, 0.1) is 6.92 Å². The lowest BCUT2D eigenvalue weighted by Gasteiger charge is -2.10. The molecule has 3 rings (SSSR count). The highest BCUT2D eigenvalue weighted by atomic mass is 35.5. The Labute approximate surface area is 154 Å². The van der Waals surface area contributed by atoms with Gasteiger partial charge in [0.15, 0.2) is 0 Å². The highest BCUT2D eigenvalue weighted by Crippen LogP contribution is 2.14. The van der Waals surface area contributed by atoms with Gasteiger partial charge in [-0.3, -0.25) is 19.4 Å². The molecule has 26 heavy (non-hydrogen) atoms. The van der Waals surface area contributed by atoms with Crippen LogP contribution in [0.25, 0.3) is 10.9 Å². The predicted octanol–water partition coefficient (Wildman–Crippen LogP) is 1.08. The molecule has 0 aliphatic heterocycles. The Balaban J connectivity index is 1.95. The Morgan fingerprint density at radius 2 is 1.92 bits per heavy atom. The molecule has 3 aromatic rings. The Morgan fingerprint density at radius 1 is 1.19 bits per heavy atom. The zero-order valence-corrected chi connectivity index (χ0v) is 15.2. The van der Waals surface area contributed by atoms with Crippen molar-refractivity contribution in [1.82, 2.24) is 19.7 Å². The minimum atomic E-state index is -0.170. The number of halogens is 1. The van der Waals surface area contributed by atoms with Gasteiger partial charge in [0.25, 0.3) is 11.1 Å². The Morgan fingerprint density at radius 3 is 2.62 bits per heavy atom. The van der Waals surface area contributed by atoms with Crippen molar-refractivity contribution in [3.63, 3.8) is 0 Å². The van der Waals surface area contributed by atoms with Crippen LogP contribution in [0.15, 0.2) is 39.9 Å². The Hall–Kier alpha value is -2.35. The molecule has 0 unspecified atom stereocenters. The second-order valence-electron chi connectivity index (χ2n) is 6.11. The molecular weight excluding hydrogens is 356 g/mol. The standard InChI is InChI=1S/C18H21ClN4O3/c1-12-17-15(21-23(18(17)26)8-6-20-7-9-24)10-16(25)22(12)11-13-2-4-14(19)5-3-13/h2-5,10,20-21,24H,6-9,11H2,1H3. The number of aromatic nitrogens is 3. The van der Waals surface area contributed by atoms with Gasteiger partial charge in [0.05, 0.1) is 30.6 Å². The molecule has 3 N–H and O–H groups in total. The lowest BCUT2D eigenvalue weighted by atomic mass is 10.2. The van der Waals surface area contributed by atoms with Gasteiger partial charge < -0.3 is 15.0 Å². The van der Waals surface area contributed by atoms with Crippen LogP contribution < -0.4 is 16.4 Å². The summed E-state index contributed by atoms with van der Waals surface area (Å²) in [6.07, 6.45) is 0. The first-order valence-corrected chi connectivity index (χ1v) is 8.78. The van der Waals surface area contributed by atoms with Gasteiger partial charge in [-0.05, 0) is 24.6 Å². The number of nitrogens with zero attached hydrogens (tertiary/aromatic N) is 2. The number of rotatable bonds is 7. The van der Waals surface area contributed by atoms with Gasteiger partial charge in [0.2, 0.25) is 0 Å². The topological polar surface area (TPSA) is 92.1 Å². The maximum atomic E-state index is 12.7. The number of pyridine rings is 1. The van der Waals surface area contributed by atoms with Gasteiger partial charge >= 0.3 is 0 Å². The van der Waals surface area contributed by atoms with E-state index in [0.717, 1.165) is 5.56 Å². The number of aliphatic hydroxyl groups is 1. The summed E-state index contributed by atoms with van der Waals surface area (Å²) >= 11 is 5.90. The van der Waals surface area contributed by atoms with Gasteiger partial charge in [-0.2, -0.15) is 0 Å². The molecule has 0 saturated carbocycles. The predicted molar refractivity (Wildman–Crippen MR) is 102 cm³/mol. The van der Waals surface area contributed by atoms with E-state index >= 15 is 0 Å². The van der Waals surface area contributed by atoms with Crippen LogP contribution in [0.2, 0.25) is 5.02 Å². The fourth-order valence-electron chi connectivity index (χ4n) is 2.98. The Kier molecular flexibility index (Phi) is 5.61. The summed E-state index contributed by atoms with van der Waals surface area (Å²) in [6.45, 7) is 3.65. The van der Waals surface area contributed by atoms with E-state index in [2.05, 4.69) is 10.4 Å². The average Bonchev–Trinajstić information content (AvgIpc) is 2.93. The van der Waals surface area contributed by atoms with Crippen molar-refractivity contribution >= 4 is 22.5 Å². The monoisotopic (exact) mass is 376 g/mol. The van der Waals surface area contributed by atoms with Crippen LogP contribution in [0.4, 0.5) is 0 Å². The van der Waals surface area contributed by atoms with Crippen LogP contribution in [0.1, 0.15) is 11.3 Å². The molecule has 0 radical (unpaired) electrons. The molecule has 138 valence electrons. The van der Waals surface area contributed by atoms with E-state index in [-0.39, 0.29) is 17.7 Å². The van der Waals surface area contributed by atoms with Crippen LogP contribution in [-0.4, -0.2) is 39.2 Å². The van der Waals surface area contributed by atoms with Crippen LogP contribution in [0.3, 0.4) is 0 Å². The van der Waals surface area contributed by atoms with E-state index in [9.17, 15) is 9.59 Å². The number of H-pyrrole nitrogens is 1. The number of aliphatic hydroxyl groups excluding tert-OH is 1. The molecule has 0 atom stereocenters. The minimum absolute atomic E-state index is 0.0466. The molecule has 0 fully saturated rings. The minimum Gasteiger partial charge on any atom is -0.395 e. The summed E-state index contributed by atoms with van der Waals surface area (Å²) in [5.41, 5.74) is 1.77. The number of hydrogen-bond acceptors (Lipinski definition) is 4. The van der Waals surface area contributed by atoms with Crippen molar-refractivity contribution in [2.45, 2.75) is 20.0 Å². The normalized spacial score (nSPS) is 11.3. The van der Waals surface area contributed by atoms with E-state index in [1.54, 1.807) is 23.6 Å². The van der Waals surface area contributed by atoms with E-state index < -0.39 is 0 Å². The second-order valence-corrected chi connectivity index (χ2v) is 6.55. The molecule has 2 aromatic heterocycles. The Bertz CT molecular complexity index is 1020. The summed E-state index contributed by atoms with van der Waals surface area (Å²) in [6, 6.07) is 8.73. The molecule has 0 spiro atoms. The van der Waals surface area contributed by atoms with Gasteiger partial charge in [-0.1, -0.05) is 23.7 Å². The molecule has 0 bridgehead atoms. The smallest absolute Gasteiger partial charge is 0.276 e. The quantitative estimate of drug-likeness (QED) is 0.538. The van der Waals surface area contributed by atoms with Gasteiger partial charge in [0.1, 0.15) is 0 Å². The number of aryl methyl sites for hydroxylation is 1. The maximum Gasteiger partial charge on any atom is 0.276 e. The summed E-state index contributed by atoms with van der Waals surface area (Å²) < 4.78 is 3.07. The van der Waals surface area contributed by atoms with E-state index in [1.807, 2.05) is 12.1 Å². The summed E-state index contributed by atoms with van der Waals surface area (Å²) in [5.74, 6) is 0. The van der Waals surface area contributed by atoms with Gasteiger partial charge in [-0.25, -0.2) is 0 Å². The number of fused-ring (bicyclic) bond motifs is 1. The van der Waals surface area contributed by atoms with Crippen molar-refractivity contribution in [2.75, 3.05) is 19.7 Å². The molecule has 0 saturated heterocycles. The van der Waals surface area contributed by atoms with Crippen LogP contribution >= 0.6 is 11.6 Å². The average molecular weight is 377 g/mol. The fourth-order valence-corrected chi connectivity index (χ4v) is 3.11. The summed E-state index contributed by atoms with van der Waals surface area (Å²) in [7, 11) is 0. The lowest BCUT2D eigenvalue weighted by molar-refractivity contribution is 0.291. The fraction of sp³-hybridized carbons (Fsp3) is 0.333. The van der Waals surface area contributed by atoms with Crippen molar-refractivity contribution in [2.24, 2.45) is 0 Å². The molecule has 2 heterocycles. The molecular formula is C18H21ClN4O3. The summed E-state index contributed by atoms with van der Waals surface area (Å²) in [4.78, 5) is 25.2. The van der Waals surface area contributed by atoms with Crippen LogP contribution in [-0.2, 0) is 13.1 Å². The number of hydrogen-bond donors (Lipinski definition) is 3. The van der Waals surface area contributed by atoms with Gasteiger partial charge in [0, 0.05) is 29.9 Å². The third-order valence-corrected chi connectivity index (χ3v) is 4.59. The third-order valence-electron chi connectivity index (χ3n) is 4.34. The highest BCUT2D eigenvalue weighted by Gasteiger charge is 2.14. The largest absolute Gasteiger partial charge is 0.395 e. The molecule has 7 nitrogen and oxygen atoms in total. The molecule has 0 aliphatic carbocycles. The first kappa shape index (κ1) is 18.4. The van der Waals surface area contributed by atoms with E-state index in [1.165, 1.54) is 10.7 Å². The second kappa shape index (κ2) is 7.90. The molecule has 0 aliphatic rings. The maximum absolute atomic E-state index is 12.7. The van der Waals surface area contributed by atoms with E-state index in [0.29, 0.717) is 47.8 Å². The van der Waals surface area contributed by atoms with Crippen molar-refractivity contribution in [3.8, 4) is 0 Å². The molecule has 0 amide bonds. The van der Waals surface area contributed by atoms with Gasteiger partial charge in [-0.15, -0.1) is 0 Å². The first-order chi connectivity index (χ1) is 12.5. The SMILES string of the molecule is Cc1c2c(=O)n(CCNCCO)[nH]c2cc(=O)n1Cc1ccc(Cl)cc1. The van der Waals surface area contributed by atoms with Crippen molar-refractivity contribution < 1.29 is 5.11 Å². The van der Waals surface area contributed by atoms with Crippen molar-refractivity contribution in [3.05, 3.63) is 67.3 Å². The van der Waals surface area contributed by atoms with Crippen molar-refractivity contribution in [1.29, 1.82) is 0 Å². The highest BCUT2D eigenvalue weighted by molar-refractivity contribution is 6.30. The number of nitrogens with one attached hydrogen (secondary N) is 2. The van der Waals surface area contributed by atoms with Crippen LogP contribution in [0.5, 0.6) is 0 Å². The first-order valence-electron chi connectivity index (χ1n) is 8.40. The summed E-state index contributed by atoms with van der Waals surface area (Å²) in [5, 5.41) is 15.9. The molecule has 8 heteroatoms. The number of aromatic amines is 1. The zero-order chi connectivity index (χ0) is 18.7. The lowest BCUT2D eigenvalue weighted by Crippen LogP contribution is -2.28. The molecule has 1 aromatic carbocycles. The van der Waals surface area contributed by atoms with E-state index in [4.69, 9.17) is 16.7 Å². The third kappa shape index (κ3) is 3.75. The number of benzene rings is 1. The zero-order valence-electron chi connectivity index (χ0n) is 14.5.